The van der Waals surface area contributed by atoms with Crippen LogP contribution >= 0.6 is 0 Å². The van der Waals surface area contributed by atoms with E-state index in [1.54, 1.807) is 36.7 Å². The van der Waals surface area contributed by atoms with Crippen LogP contribution in [0.25, 0.3) is 0 Å². The number of ether oxygens (including phenoxy) is 2. The van der Waals surface area contributed by atoms with E-state index in [0.717, 1.165) is 13.0 Å². The van der Waals surface area contributed by atoms with Crippen molar-refractivity contribution in [2.45, 2.75) is 12.5 Å². The normalized spacial score (nSPS) is 18.4. The van der Waals surface area contributed by atoms with Crippen LogP contribution in [0, 0.1) is 0 Å². The molecule has 1 saturated heterocycles. The molecule has 1 fully saturated rings. The molecule has 1 aromatic carbocycles. The predicted octanol–water partition coefficient (Wildman–Crippen LogP) is 1.54. The van der Waals surface area contributed by atoms with Crippen molar-refractivity contribution in [1.29, 1.82) is 0 Å². The number of carbonyl (C=O) groups is 1. The topological polar surface area (TPSA) is 88.0 Å². The summed E-state index contributed by atoms with van der Waals surface area (Å²) in [4.78, 5) is 24.7. The van der Waals surface area contributed by atoms with Gasteiger partial charge in [-0.1, -0.05) is 6.07 Å². The van der Waals surface area contributed by atoms with Crippen LogP contribution in [-0.2, 0) is 4.79 Å². The number of hydrogen-bond donors (Lipinski definition) is 1. The molecule has 1 atom stereocenters. The van der Waals surface area contributed by atoms with Crippen molar-refractivity contribution in [3.63, 3.8) is 0 Å². The first kappa shape index (κ1) is 16.6. The summed E-state index contributed by atoms with van der Waals surface area (Å²) in [6.45, 7) is 2.96. The largest absolute Gasteiger partial charge is 0.480 e. The molecule has 8 heteroatoms. The second-order valence-electron chi connectivity index (χ2n) is 6.28. The number of anilines is 1. The zero-order chi connectivity index (χ0) is 17.9. The molecule has 2 aromatic rings. The van der Waals surface area contributed by atoms with E-state index >= 15 is 0 Å². The molecule has 26 heavy (non-hydrogen) atoms. The molecular weight excluding hydrogens is 336 g/mol. The molecule has 2 aliphatic heterocycles. The average molecular weight is 356 g/mol. The van der Waals surface area contributed by atoms with Gasteiger partial charge in [0, 0.05) is 38.6 Å². The lowest BCUT2D eigenvalue weighted by molar-refractivity contribution is -0.143. The number of carboxylic acids is 1. The van der Waals surface area contributed by atoms with Crippen LogP contribution in [0.4, 0.5) is 5.95 Å². The van der Waals surface area contributed by atoms with Gasteiger partial charge in [0.05, 0.1) is 0 Å². The van der Waals surface area contributed by atoms with E-state index < -0.39 is 12.0 Å². The van der Waals surface area contributed by atoms with Gasteiger partial charge < -0.3 is 19.5 Å². The minimum atomic E-state index is -0.867. The van der Waals surface area contributed by atoms with Crippen LogP contribution in [0.15, 0.2) is 36.7 Å². The average Bonchev–Trinajstić information content (AvgIpc) is 2.99. The van der Waals surface area contributed by atoms with Crippen LogP contribution in [0.2, 0.25) is 0 Å². The summed E-state index contributed by atoms with van der Waals surface area (Å²) in [6, 6.07) is 6.41. The highest BCUT2D eigenvalue weighted by Crippen LogP contribution is 2.35. The molecule has 0 bridgehead atoms. The van der Waals surface area contributed by atoms with Crippen LogP contribution < -0.4 is 14.4 Å². The number of fused-ring (bicyclic) bond motifs is 1. The highest BCUT2D eigenvalue weighted by molar-refractivity contribution is 5.76. The minimum Gasteiger partial charge on any atom is -0.480 e. The summed E-state index contributed by atoms with van der Waals surface area (Å²) in [7, 11) is 0. The lowest BCUT2D eigenvalue weighted by Crippen LogP contribution is -2.37. The Morgan fingerprint density at radius 2 is 1.88 bits per heavy atom. The SMILES string of the molecule is O=C(O)C(c1ccc2c(c1)OCO2)N1CCCN(c2ncccn2)CC1. The van der Waals surface area contributed by atoms with Crippen LogP contribution in [0.3, 0.4) is 0 Å². The molecule has 3 heterocycles. The van der Waals surface area contributed by atoms with Gasteiger partial charge in [-0.3, -0.25) is 9.69 Å². The minimum absolute atomic E-state index is 0.173. The number of benzene rings is 1. The maximum Gasteiger partial charge on any atom is 0.325 e. The third kappa shape index (κ3) is 3.28. The zero-order valence-electron chi connectivity index (χ0n) is 14.2. The molecule has 0 radical (unpaired) electrons. The zero-order valence-corrected chi connectivity index (χ0v) is 14.2. The van der Waals surface area contributed by atoms with E-state index in [4.69, 9.17) is 9.47 Å². The van der Waals surface area contributed by atoms with Crippen molar-refractivity contribution in [3.8, 4) is 11.5 Å². The van der Waals surface area contributed by atoms with Crippen molar-refractivity contribution in [1.82, 2.24) is 14.9 Å². The maximum absolute atomic E-state index is 12.0. The highest BCUT2D eigenvalue weighted by Gasteiger charge is 2.30. The molecular formula is C18H20N4O4. The summed E-state index contributed by atoms with van der Waals surface area (Å²) in [5.74, 6) is 1.07. The van der Waals surface area contributed by atoms with Crippen molar-refractivity contribution in [2.24, 2.45) is 0 Å². The van der Waals surface area contributed by atoms with Gasteiger partial charge >= 0.3 is 5.97 Å². The number of hydrogen-bond acceptors (Lipinski definition) is 7. The lowest BCUT2D eigenvalue weighted by atomic mass is 10.0. The van der Waals surface area contributed by atoms with E-state index in [1.165, 1.54) is 0 Å². The van der Waals surface area contributed by atoms with Gasteiger partial charge in [-0.05, 0) is 30.2 Å². The molecule has 0 amide bonds. The van der Waals surface area contributed by atoms with E-state index in [-0.39, 0.29) is 6.79 Å². The Balaban J connectivity index is 1.53. The Hall–Kier alpha value is -2.87. The molecule has 1 N–H and O–H groups in total. The predicted molar refractivity (Wildman–Crippen MR) is 93.4 cm³/mol. The third-order valence-corrected chi connectivity index (χ3v) is 4.68. The summed E-state index contributed by atoms with van der Waals surface area (Å²) in [5.41, 5.74) is 0.700. The van der Waals surface area contributed by atoms with Gasteiger partial charge in [0.2, 0.25) is 12.7 Å². The second-order valence-corrected chi connectivity index (χ2v) is 6.28. The molecule has 0 saturated carbocycles. The van der Waals surface area contributed by atoms with E-state index in [9.17, 15) is 9.90 Å². The number of nitrogens with zero attached hydrogens (tertiary/aromatic N) is 4. The molecule has 2 aliphatic rings. The number of aliphatic carboxylic acids is 1. The summed E-state index contributed by atoms with van der Waals surface area (Å²) in [5, 5.41) is 9.85. The summed E-state index contributed by atoms with van der Waals surface area (Å²) >= 11 is 0. The first-order valence-corrected chi connectivity index (χ1v) is 8.61. The summed E-state index contributed by atoms with van der Waals surface area (Å²) in [6.07, 6.45) is 4.28. The Bertz CT molecular complexity index is 786. The van der Waals surface area contributed by atoms with E-state index in [2.05, 4.69) is 14.9 Å². The number of carboxylic acid groups (broad SMARTS) is 1. The Morgan fingerprint density at radius 1 is 1.08 bits per heavy atom. The van der Waals surface area contributed by atoms with E-state index in [0.29, 0.717) is 42.6 Å². The number of rotatable bonds is 4. The van der Waals surface area contributed by atoms with Crippen molar-refractivity contribution >= 4 is 11.9 Å². The standard InChI is InChI=1S/C18H20N4O4/c23-17(24)16(13-3-4-14-15(11-13)26-12-25-14)21-7-2-8-22(10-9-21)18-19-5-1-6-20-18/h1,3-6,11,16H,2,7-10,12H2,(H,23,24). The molecule has 0 aliphatic carbocycles. The third-order valence-electron chi connectivity index (χ3n) is 4.68. The molecule has 136 valence electrons. The van der Waals surface area contributed by atoms with Crippen molar-refractivity contribution in [3.05, 3.63) is 42.2 Å². The quantitative estimate of drug-likeness (QED) is 0.883. The van der Waals surface area contributed by atoms with Gasteiger partial charge in [0.15, 0.2) is 11.5 Å². The van der Waals surface area contributed by atoms with Crippen LogP contribution in [0.1, 0.15) is 18.0 Å². The fraction of sp³-hybridized carbons (Fsp3) is 0.389. The molecule has 0 spiro atoms. The molecule has 1 unspecified atom stereocenters. The van der Waals surface area contributed by atoms with E-state index in [1.807, 2.05) is 4.90 Å². The number of aromatic nitrogens is 2. The van der Waals surface area contributed by atoms with Gasteiger partial charge in [0.1, 0.15) is 6.04 Å². The smallest absolute Gasteiger partial charge is 0.325 e. The molecule has 4 rings (SSSR count). The molecule has 1 aromatic heterocycles. The highest BCUT2D eigenvalue weighted by atomic mass is 16.7. The fourth-order valence-corrected chi connectivity index (χ4v) is 3.44. The Kier molecular flexibility index (Phi) is 4.57. The summed E-state index contributed by atoms with van der Waals surface area (Å²) < 4.78 is 10.7. The van der Waals surface area contributed by atoms with Gasteiger partial charge in [-0.25, -0.2) is 9.97 Å². The van der Waals surface area contributed by atoms with Crippen LogP contribution in [0.5, 0.6) is 11.5 Å². The fourth-order valence-electron chi connectivity index (χ4n) is 3.44. The first-order chi connectivity index (χ1) is 12.7. The maximum atomic E-state index is 12.0. The second kappa shape index (κ2) is 7.17. The van der Waals surface area contributed by atoms with Crippen LogP contribution in [-0.4, -0.2) is 58.9 Å². The van der Waals surface area contributed by atoms with Crippen molar-refractivity contribution in [2.75, 3.05) is 37.9 Å². The molecule has 8 nitrogen and oxygen atoms in total. The lowest BCUT2D eigenvalue weighted by Gasteiger charge is -2.28. The Morgan fingerprint density at radius 3 is 2.69 bits per heavy atom. The van der Waals surface area contributed by atoms with Gasteiger partial charge in [-0.15, -0.1) is 0 Å². The van der Waals surface area contributed by atoms with Gasteiger partial charge in [-0.2, -0.15) is 0 Å². The van der Waals surface area contributed by atoms with Gasteiger partial charge in [0.25, 0.3) is 0 Å². The Labute approximate surface area is 151 Å². The monoisotopic (exact) mass is 356 g/mol. The first-order valence-electron chi connectivity index (χ1n) is 8.61. The van der Waals surface area contributed by atoms with Crippen molar-refractivity contribution < 1.29 is 19.4 Å².